The lowest BCUT2D eigenvalue weighted by Gasteiger charge is -2.36. The highest BCUT2D eigenvalue weighted by atomic mass is 16.5. The van der Waals surface area contributed by atoms with Crippen LogP contribution >= 0.6 is 0 Å². The molecule has 1 heterocycles. The number of aromatic nitrogens is 2. The van der Waals surface area contributed by atoms with Gasteiger partial charge in [0.2, 0.25) is 0 Å². The molecule has 1 atom stereocenters. The van der Waals surface area contributed by atoms with Crippen molar-refractivity contribution in [2.75, 3.05) is 6.61 Å². The van der Waals surface area contributed by atoms with E-state index in [9.17, 15) is 4.79 Å². The lowest BCUT2D eigenvalue weighted by atomic mass is 9.77. The molecule has 1 N–H and O–H groups in total. The van der Waals surface area contributed by atoms with Crippen molar-refractivity contribution in [3.05, 3.63) is 78.2 Å². The summed E-state index contributed by atoms with van der Waals surface area (Å²) in [4.78, 5) is 17.9. The van der Waals surface area contributed by atoms with E-state index >= 15 is 0 Å². The highest BCUT2D eigenvalue weighted by Gasteiger charge is 2.36. The molecular weight excluding hydrogens is 422 g/mol. The Labute approximate surface area is 204 Å². The molecule has 0 spiro atoms. The van der Waals surface area contributed by atoms with Crippen molar-refractivity contribution in [2.45, 2.75) is 60.5 Å². The zero-order valence-electron chi connectivity index (χ0n) is 21.4. The number of carbonyl (C=O) groups excluding carboxylic acids is 1. The van der Waals surface area contributed by atoms with Gasteiger partial charge in [0, 0.05) is 18.3 Å². The third kappa shape index (κ3) is 6.96. The minimum absolute atomic E-state index is 0.237. The van der Waals surface area contributed by atoms with Gasteiger partial charge in [-0.05, 0) is 29.2 Å². The first-order chi connectivity index (χ1) is 16.2. The van der Waals surface area contributed by atoms with E-state index in [1.807, 2.05) is 50.2 Å². The second-order valence-electron chi connectivity index (χ2n) is 10.6. The molecule has 5 nitrogen and oxygen atoms in total. The quantitative estimate of drug-likeness (QED) is 0.350. The monoisotopic (exact) mass is 461 g/mol. The van der Waals surface area contributed by atoms with Crippen LogP contribution in [0.2, 0.25) is 0 Å². The molecule has 2 aromatic carbocycles. The first-order valence-electron chi connectivity index (χ1n) is 12.3. The normalized spacial score (nSPS) is 12.7. The highest BCUT2D eigenvalue weighted by Crippen LogP contribution is 2.39. The van der Waals surface area contributed by atoms with Gasteiger partial charge in [-0.25, -0.2) is 9.78 Å². The number of hydrogen-bond donors (Lipinski definition) is 1. The molecule has 0 saturated heterocycles. The van der Waals surface area contributed by atoms with Gasteiger partial charge in [-0.1, -0.05) is 102 Å². The standard InChI is InChI=1S/C29H39N3O2/c1-21(2)17-29(5,6)26(31-28(33)34-20-22(3)4)27-30-25(24-15-11-8-12-16-24)19-32(27)18-23-13-9-7-10-14-23/h7-16,19,21-22,26H,17-18,20H2,1-6H3,(H,31,33)/t26-/m0/s1. The molecule has 1 amide bonds. The van der Waals surface area contributed by atoms with Crippen LogP contribution in [-0.2, 0) is 11.3 Å². The van der Waals surface area contributed by atoms with E-state index in [1.54, 1.807) is 0 Å². The van der Waals surface area contributed by atoms with Crippen LogP contribution in [0.15, 0.2) is 66.9 Å². The van der Waals surface area contributed by atoms with Crippen LogP contribution in [-0.4, -0.2) is 22.3 Å². The molecule has 0 aliphatic heterocycles. The fourth-order valence-corrected chi connectivity index (χ4v) is 4.50. The van der Waals surface area contributed by atoms with Gasteiger partial charge in [-0.2, -0.15) is 0 Å². The van der Waals surface area contributed by atoms with Crippen LogP contribution in [0.3, 0.4) is 0 Å². The van der Waals surface area contributed by atoms with Crippen molar-refractivity contribution in [1.82, 2.24) is 14.9 Å². The maximum absolute atomic E-state index is 12.8. The third-order valence-corrected chi connectivity index (χ3v) is 5.86. The molecule has 5 heteroatoms. The Morgan fingerprint density at radius 3 is 2.18 bits per heavy atom. The summed E-state index contributed by atoms with van der Waals surface area (Å²) in [6.07, 6.45) is 2.63. The summed E-state index contributed by atoms with van der Waals surface area (Å²) in [6.45, 7) is 13.9. The van der Waals surface area contributed by atoms with Crippen molar-refractivity contribution in [2.24, 2.45) is 17.3 Å². The summed E-state index contributed by atoms with van der Waals surface area (Å²) in [5.74, 6) is 1.59. The maximum atomic E-state index is 12.8. The number of nitrogens with zero attached hydrogens (tertiary/aromatic N) is 2. The van der Waals surface area contributed by atoms with Crippen LogP contribution < -0.4 is 5.32 Å². The summed E-state index contributed by atoms with van der Waals surface area (Å²) >= 11 is 0. The first-order valence-corrected chi connectivity index (χ1v) is 12.3. The van der Waals surface area contributed by atoms with Crippen molar-refractivity contribution >= 4 is 6.09 Å². The second kappa shape index (κ2) is 11.4. The predicted octanol–water partition coefficient (Wildman–Crippen LogP) is 7.09. The lowest BCUT2D eigenvalue weighted by Crippen LogP contribution is -2.41. The largest absolute Gasteiger partial charge is 0.449 e. The number of amides is 1. The van der Waals surface area contributed by atoms with E-state index in [-0.39, 0.29) is 17.4 Å². The number of imidazole rings is 1. The molecule has 1 aromatic heterocycles. The molecule has 0 bridgehead atoms. The van der Waals surface area contributed by atoms with Gasteiger partial charge in [-0.15, -0.1) is 0 Å². The summed E-state index contributed by atoms with van der Waals surface area (Å²) < 4.78 is 7.69. The molecule has 182 valence electrons. The van der Waals surface area contributed by atoms with Crippen LogP contribution in [0.4, 0.5) is 4.79 Å². The van der Waals surface area contributed by atoms with E-state index in [2.05, 4.69) is 68.0 Å². The minimum Gasteiger partial charge on any atom is -0.449 e. The molecule has 0 aliphatic carbocycles. The average molecular weight is 462 g/mol. The molecule has 0 aliphatic rings. The number of benzene rings is 2. The molecule has 34 heavy (non-hydrogen) atoms. The molecule has 0 radical (unpaired) electrons. The zero-order chi connectivity index (χ0) is 24.7. The summed E-state index contributed by atoms with van der Waals surface area (Å²) in [5.41, 5.74) is 2.90. The molecule has 0 fully saturated rings. The Bertz CT molecular complexity index is 1040. The van der Waals surface area contributed by atoms with Crippen molar-refractivity contribution in [1.29, 1.82) is 0 Å². The van der Waals surface area contributed by atoms with E-state index in [0.717, 1.165) is 23.5 Å². The van der Waals surface area contributed by atoms with Crippen molar-refractivity contribution < 1.29 is 9.53 Å². The van der Waals surface area contributed by atoms with Gasteiger partial charge < -0.3 is 14.6 Å². The number of ether oxygens (including phenoxy) is 1. The van der Waals surface area contributed by atoms with Gasteiger partial charge >= 0.3 is 6.09 Å². The van der Waals surface area contributed by atoms with Gasteiger partial charge in [0.15, 0.2) is 0 Å². The number of nitrogens with one attached hydrogen (secondary N) is 1. The summed E-state index contributed by atoms with van der Waals surface area (Å²) in [6, 6.07) is 20.2. The van der Waals surface area contributed by atoms with E-state index < -0.39 is 6.09 Å². The van der Waals surface area contributed by atoms with E-state index in [4.69, 9.17) is 9.72 Å². The maximum Gasteiger partial charge on any atom is 0.407 e. The molecule has 3 rings (SSSR count). The van der Waals surface area contributed by atoms with Crippen LogP contribution in [0.5, 0.6) is 0 Å². The highest BCUT2D eigenvalue weighted by molar-refractivity contribution is 5.68. The Morgan fingerprint density at radius 1 is 0.971 bits per heavy atom. The summed E-state index contributed by atoms with van der Waals surface area (Å²) in [7, 11) is 0. The predicted molar refractivity (Wildman–Crippen MR) is 139 cm³/mol. The Hall–Kier alpha value is -3.08. The lowest BCUT2D eigenvalue weighted by molar-refractivity contribution is 0.111. The Morgan fingerprint density at radius 2 is 1.59 bits per heavy atom. The van der Waals surface area contributed by atoms with Crippen LogP contribution in [0.25, 0.3) is 11.3 Å². The smallest absolute Gasteiger partial charge is 0.407 e. The second-order valence-corrected chi connectivity index (χ2v) is 10.6. The van der Waals surface area contributed by atoms with Gasteiger partial charge in [0.05, 0.1) is 18.3 Å². The topological polar surface area (TPSA) is 56.1 Å². The van der Waals surface area contributed by atoms with Gasteiger partial charge in [0.1, 0.15) is 5.82 Å². The molecule has 3 aromatic rings. The zero-order valence-corrected chi connectivity index (χ0v) is 21.4. The van der Waals surface area contributed by atoms with Crippen LogP contribution in [0, 0.1) is 17.3 Å². The summed E-state index contributed by atoms with van der Waals surface area (Å²) in [5, 5.41) is 3.18. The van der Waals surface area contributed by atoms with Gasteiger partial charge in [0.25, 0.3) is 0 Å². The number of rotatable bonds is 10. The third-order valence-electron chi connectivity index (χ3n) is 5.86. The van der Waals surface area contributed by atoms with E-state index in [0.29, 0.717) is 19.1 Å². The SMILES string of the molecule is CC(C)COC(=O)N[C@@H](c1nc(-c2ccccc2)cn1Cc1ccccc1)C(C)(C)CC(C)C. The van der Waals surface area contributed by atoms with Crippen molar-refractivity contribution in [3.8, 4) is 11.3 Å². The molecule has 0 saturated carbocycles. The Balaban J connectivity index is 2.05. The number of carbonyl (C=O) groups is 1. The fraction of sp³-hybridized carbons (Fsp3) is 0.448. The van der Waals surface area contributed by atoms with Crippen molar-refractivity contribution in [3.63, 3.8) is 0 Å². The average Bonchev–Trinajstić information content (AvgIpc) is 3.19. The Kier molecular flexibility index (Phi) is 8.54. The first kappa shape index (κ1) is 25.5. The van der Waals surface area contributed by atoms with Gasteiger partial charge in [-0.3, -0.25) is 0 Å². The fourth-order valence-electron chi connectivity index (χ4n) is 4.50. The minimum atomic E-state index is -0.397. The van der Waals surface area contributed by atoms with Crippen LogP contribution in [0.1, 0.15) is 65.4 Å². The number of hydrogen-bond acceptors (Lipinski definition) is 3. The number of alkyl carbamates (subject to hydrolysis) is 1. The molecule has 0 unspecified atom stereocenters. The molecular formula is C29H39N3O2. The van der Waals surface area contributed by atoms with E-state index in [1.165, 1.54) is 5.56 Å².